The first-order valence-electron chi connectivity index (χ1n) is 9.65. The smallest absolute Gasteiger partial charge is 0.265 e. The minimum Gasteiger partial charge on any atom is -0.480 e. The van der Waals surface area contributed by atoms with E-state index in [0.717, 1.165) is 25.9 Å². The molecule has 0 radical (unpaired) electrons. The Balaban J connectivity index is 1.57. The standard InChI is InChI=1S/C22H24BrClN2O3/c1-14-9-11-26(12-10-14)22(28)16-3-6-18(7-4-16)25-21(27)15(2)29-20-8-5-17(24)13-19(20)23/h3-8,13-15H,9-12H2,1-2H3,(H,25,27). The van der Waals surface area contributed by atoms with E-state index in [-0.39, 0.29) is 11.8 Å². The van der Waals surface area contributed by atoms with Gasteiger partial charge in [0.05, 0.1) is 4.47 Å². The van der Waals surface area contributed by atoms with Crippen LogP contribution in [0.1, 0.15) is 37.0 Å². The van der Waals surface area contributed by atoms with Crippen molar-refractivity contribution in [1.82, 2.24) is 4.90 Å². The van der Waals surface area contributed by atoms with Gasteiger partial charge in [-0.05, 0) is 84.1 Å². The number of nitrogens with one attached hydrogen (secondary N) is 1. The van der Waals surface area contributed by atoms with Gasteiger partial charge in [0, 0.05) is 29.4 Å². The summed E-state index contributed by atoms with van der Waals surface area (Å²) in [5.41, 5.74) is 1.25. The predicted molar refractivity (Wildman–Crippen MR) is 119 cm³/mol. The Hall–Kier alpha value is -2.05. The number of benzene rings is 2. The maximum atomic E-state index is 12.6. The van der Waals surface area contributed by atoms with Crippen molar-refractivity contribution in [2.45, 2.75) is 32.8 Å². The normalized spacial score (nSPS) is 15.7. The van der Waals surface area contributed by atoms with Crippen LogP contribution >= 0.6 is 27.5 Å². The topological polar surface area (TPSA) is 58.6 Å². The molecule has 0 saturated carbocycles. The van der Waals surface area contributed by atoms with Crippen molar-refractivity contribution in [2.24, 2.45) is 5.92 Å². The molecule has 1 N–H and O–H groups in total. The van der Waals surface area contributed by atoms with E-state index in [0.29, 0.717) is 32.4 Å². The van der Waals surface area contributed by atoms with Gasteiger partial charge < -0.3 is 15.0 Å². The van der Waals surface area contributed by atoms with Crippen molar-refractivity contribution in [3.05, 3.63) is 57.5 Å². The van der Waals surface area contributed by atoms with Gasteiger partial charge in [0.2, 0.25) is 0 Å². The van der Waals surface area contributed by atoms with Gasteiger partial charge >= 0.3 is 0 Å². The van der Waals surface area contributed by atoms with Crippen LogP contribution in [0.3, 0.4) is 0 Å². The third-order valence-electron chi connectivity index (χ3n) is 5.04. The molecule has 29 heavy (non-hydrogen) atoms. The number of anilines is 1. The number of hydrogen-bond donors (Lipinski definition) is 1. The highest BCUT2D eigenvalue weighted by atomic mass is 79.9. The van der Waals surface area contributed by atoms with E-state index in [2.05, 4.69) is 28.2 Å². The maximum absolute atomic E-state index is 12.6. The Bertz CT molecular complexity index is 880. The molecule has 0 bridgehead atoms. The minimum absolute atomic E-state index is 0.0408. The van der Waals surface area contributed by atoms with Gasteiger partial charge in [-0.2, -0.15) is 0 Å². The van der Waals surface area contributed by atoms with E-state index in [9.17, 15) is 9.59 Å². The Morgan fingerprint density at radius 2 is 1.83 bits per heavy atom. The number of carbonyl (C=O) groups is 2. The molecule has 0 aliphatic carbocycles. The van der Waals surface area contributed by atoms with Crippen molar-refractivity contribution in [1.29, 1.82) is 0 Å². The lowest BCUT2D eigenvalue weighted by Gasteiger charge is -2.30. The van der Waals surface area contributed by atoms with Gasteiger partial charge in [0.25, 0.3) is 11.8 Å². The second kappa shape index (κ2) is 9.63. The third-order valence-corrected chi connectivity index (χ3v) is 5.89. The van der Waals surface area contributed by atoms with Crippen LogP contribution in [0.4, 0.5) is 5.69 Å². The summed E-state index contributed by atoms with van der Waals surface area (Å²) in [5.74, 6) is 0.971. The quantitative estimate of drug-likeness (QED) is 0.626. The van der Waals surface area contributed by atoms with Crippen LogP contribution in [0.2, 0.25) is 5.02 Å². The lowest BCUT2D eigenvalue weighted by molar-refractivity contribution is -0.122. The molecule has 1 saturated heterocycles. The predicted octanol–water partition coefficient (Wildman–Crippen LogP) is 5.38. The van der Waals surface area contributed by atoms with Gasteiger partial charge in [-0.25, -0.2) is 0 Å². The summed E-state index contributed by atoms with van der Waals surface area (Å²) in [6.07, 6.45) is 1.38. The molecular weight excluding hydrogens is 456 g/mol. The first-order valence-corrected chi connectivity index (χ1v) is 10.8. The van der Waals surface area contributed by atoms with Gasteiger partial charge in [0.15, 0.2) is 6.10 Å². The highest BCUT2D eigenvalue weighted by molar-refractivity contribution is 9.10. The zero-order valence-corrected chi connectivity index (χ0v) is 18.8. The summed E-state index contributed by atoms with van der Waals surface area (Å²) in [6.45, 7) is 5.49. The lowest BCUT2D eigenvalue weighted by Crippen LogP contribution is -2.37. The molecule has 3 rings (SSSR count). The van der Waals surface area contributed by atoms with Crippen molar-refractivity contribution in [3.63, 3.8) is 0 Å². The molecular formula is C22H24BrClN2O3. The zero-order chi connectivity index (χ0) is 21.0. The molecule has 1 aliphatic rings. The summed E-state index contributed by atoms with van der Waals surface area (Å²) < 4.78 is 6.39. The van der Waals surface area contributed by atoms with Crippen LogP contribution in [-0.4, -0.2) is 35.9 Å². The number of halogens is 2. The monoisotopic (exact) mass is 478 g/mol. The van der Waals surface area contributed by atoms with Crippen LogP contribution in [0, 0.1) is 5.92 Å². The molecule has 2 aromatic carbocycles. The number of amides is 2. The Kier molecular flexibility index (Phi) is 7.19. The maximum Gasteiger partial charge on any atom is 0.265 e. The SMILES string of the molecule is CC1CCN(C(=O)c2ccc(NC(=O)C(C)Oc3ccc(Cl)cc3Br)cc2)CC1. The van der Waals surface area contributed by atoms with Crippen molar-refractivity contribution in [2.75, 3.05) is 18.4 Å². The molecule has 1 atom stereocenters. The molecule has 1 unspecified atom stereocenters. The van der Waals surface area contributed by atoms with E-state index in [1.54, 1.807) is 49.4 Å². The van der Waals surface area contributed by atoms with Crippen molar-refractivity contribution >= 4 is 45.0 Å². The summed E-state index contributed by atoms with van der Waals surface area (Å²) in [6, 6.07) is 12.1. The highest BCUT2D eigenvalue weighted by Crippen LogP contribution is 2.29. The van der Waals surface area contributed by atoms with E-state index in [1.807, 2.05) is 4.90 Å². The number of piperidine rings is 1. The molecule has 1 heterocycles. The van der Waals surface area contributed by atoms with Crippen LogP contribution in [-0.2, 0) is 4.79 Å². The minimum atomic E-state index is -0.705. The number of likely N-dealkylation sites (tertiary alicyclic amines) is 1. The van der Waals surface area contributed by atoms with E-state index in [1.165, 1.54) is 0 Å². The molecule has 1 aliphatic heterocycles. The molecule has 0 spiro atoms. The van der Waals surface area contributed by atoms with Crippen molar-refractivity contribution in [3.8, 4) is 5.75 Å². The average molecular weight is 480 g/mol. The molecule has 5 nitrogen and oxygen atoms in total. The molecule has 154 valence electrons. The van der Waals surface area contributed by atoms with Gasteiger partial charge in [-0.15, -0.1) is 0 Å². The van der Waals surface area contributed by atoms with Gasteiger partial charge in [-0.3, -0.25) is 9.59 Å². The molecule has 7 heteroatoms. The number of nitrogens with zero attached hydrogens (tertiary/aromatic N) is 1. The number of hydrogen-bond acceptors (Lipinski definition) is 3. The summed E-state index contributed by atoms with van der Waals surface area (Å²) >= 11 is 9.29. The molecule has 0 aromatic heterocycles. The van der Waals surface area contributed by atoms with Gasteiger partial charge in [-0.1, -0.05) is 18.5 Å². The second-order valence-corrected chi connectivity index (χ2v) is 8.67. The Morgan fingerprint density at radius 1 is 1.17 bits per heavy atom. The second-order valence-electron chi connectivity index (χ2n) is 7.38. The summed E-state index contributed by atoms with van der Waals surface area (Å²) in [4.78, 5) is 26.9. The first-order chi connectivity index (χ1) is 13.8. The number of ether oxygens (including phenoxy) is 1. The summed E-state index contributed by atoms with van der Waals surface area (Å²) in [7, 11) is 0. The van der Waals surface area contributed by atoms with Crippen LogP contribution in [0.15, 0.2) is 46.9 Å². The summed E-state index contributed by atoms with van der Waals surface area (Å²) in [5, 5.41) is 3.39. The fourth-order valence-corrected chi connectivity index (χ4v) is 3.93. The van der Waals surface area contributed by atoms with Crippen LogP contribution in [0.5, 0.6) is 5.75 Å². The molecule has 2 amide bonds. The highest BCUT2D eigenvalue weighted by Gasteiger charge is 2.21. The van der Waals surface area contributed by atoms with Gasteiger partial charge in [0.1, 0.15) is 5.75 Å². The fraction of sp³-hybridized carbons (Fsp3) is 0.364. The largest absolute Gasteiger partial charge is 0.480 e. The molecule has 1 fully saturated rings. The average Bonchev–Trinajstić information content (AvgIpc) is 2.70. The Labute approximate surface area is 184 Å². The van der Waals surface area contributed by atoms with E-state index in [4.69, 9.17) is 16.3 Å². The van der Waals surface area contributed by atoms with Crippen molar-refractivity contribution < 1.29 is 14.3 Å². The zero-order valence-electron chi connectivity index (χ0n) is 16.5. The van der Waals surface area contributed by atoms with Crippen LogP contribution < -0.4 is 10.1 Å². The van der Waals surface area contributed by atoms with E-state index >= 15 is 0 Å². The number of rotatable bonds is 5. The van der Waals surface area contributed by atoms with E-state index < -0.39 is 6.10 Å². The fourth-order valence-electron chi connectivity index (χ4n) is 3.15. The molecule has 2 aromatic rings. The third kappa shape index (κ3) is 5.73. The Morgan fingerprint density at radius 3 is 2.45 bits per heavy atom. The van der Waals surface area contributed by atoms with Crippen LogP contribution in [0.25, 0.3) is 0 Å². The number of carbonyl (C=O) groups excluding carboxylic acids is 2. The lowest BCUT2D eigenvalue weighted by atomic mass is 9.98. The first kappa shape index (κ1) is 21.7.